The SMILES string of the molecule is Cc1cc(NC(=O)CSCC(=O)N[C@H](C)c2ccccn2)no1. The third-order valence-electron chi connectivity index (χ3n) is 2.87. The Hall–Kier alpha value is -2.35. The smallest absolute Gasteiger partial charge is 0.235 e. The fourth-order valence-corrected chi connectivity index (χ4v) is 2.46. The molecule has 122 valence electrons. The molecule has 2 rings (SSSR count). The summed E-state index contributed by atoms with van der Waals surface area (Å²) in [7, 11) is 0. The standard InChI is InChI=1S/C15H18N4O3S/c1-10-7-13(19-22-10)18-15(21)9-23-8-14(20)17-11(2)12-5-3-4-6-16-12/h3-7,11H,8-9H2,1-2H3,(H,17,20)(H,18,19,21)/t11-/m1/s1. The van der Waals surface area contributed by atoms with E-state index in [4.69, 9.17) is 4.52 Å². The molecule has 0 aromatic carbocycles. The summed E-state index contributed by atoms with van der Waals surface area (Å²) in [6.45, 7) is 3.61. The van der Waals surface area contributed by atoms with Crippen molar-refractivity contribution in [2.75, 3.05) is 16.8 Å². The van der Waals surface area contributed by atoms with E-state index in [0.29, 0.717) is 11.6 Å². The zero-order chi connectivity index (χ0) is 16.7. The van der Waals surface area contributed by atoms with Crippen LogP contribution in [0, 0.1) is 6.92 Å². The van der Waals surface area contributed by atoms with Gasteiger partial charge in [0.15, 0.2) is 5.82 Å². The molecule has 0 fully saturated rings. The normalized spacial score (nSPS) is 11.7. The molecule has 0 radical (unpaired) electrons. The minimum absolute atomic E-state index is 0.141. The Balaban J connectivity index is 1.67. The van der Waals surface area contributed by atoms with E-state index in [1.807, 2.05) is 25.1 Å². The number of rotatable bonds is 7. The molecule has 23 heavy (non-hydrogen) atoms. The van der Waals surface area contributed by atoms with Gasteiger partial charge < -0.3 is 15.2 Å². The second-order valence-corrected chi connectivity index (χ2v) is 5.89. The van der Waals surface area contributed by atoms with E-state index in [-0.39, 0.29) is 29.4 Å². The molecule has 0 saturated heterocycles. The highest BCUT2D eigenvalue weighted by molar-refractivity contribution is 8.00. The van der Waals surface area contributed by atoms with Crippen molar-refractivity contribution in [2.45, 2.75) is 19.9 Å². The van der Waals surface area contributed by atoms with Crippen LogP contribution >= 0.6 is 11.8 Å². The number of hydrogen-bond donors (Lipinski definition) is 2. The first-order chi connectivity index (χ1) is 11.0. The fraction of sp³-hybridized carbons (Fsp3) is 0.333. The lowest BCUT2D eigenvalue weighted by atomic mass is 10.2. The van der Waals surface area contributed by atoms with Crippen LogP contribution in [0.25, 0.3) is 0 Å². The number of nitrogens with zero attached hydrogens (tertiary/aromatic N) is 2. The Morgan fingerprint density at radius 3 is 2.74 bits per heavy atom. The number of carbonyl (C=O) groups is 2. The van der Waals surface area contributed by atoms with Gasteiger partial charge in [-0.15, -0.1) is 11.8 Å². The van der Waals surface area contributed by atoms with Crippen LogP contribution in [0.2, 0.25) is 0 Å². The van der Waals surface area contributed by atoms with Crippen LogP contribution in [0.3, 0.4) is 0 Å². The van der Waals surface area contributed by atoms with Crippen LogP contribution in [-0.2, 0) is 9.59 Å². The Labute approximate surface area is 138 Å². The lowest BCUT2D eigenvalue weighted by Crippen LogP contribution is -2.29. The second kappa shape index (κ2) is 8.33. The number of anilines is 1. The van der Waals surface area contributed by atoms with Gasteiger partial charge in [-0.25, -0.2) is 0 Å². The van der Waals surface area contributed by atoms with Crippen molar-refractivity contribution >= 4 is 29.4 Å². The van der Waals surface area contributed by atoms with Gasteiger partial charge >= 0.3 is 0 Å². The summed E-state index contributed by atoms with van der Waals surface area (Å²) >= 11 is 1.23. The van der Waals surface area contributed by atoms with E-state index < -0.39 is 0 Å². The Kier molecular flexibility index (Phi) is 6.16. The molecule has 0 saturated carbocycles. The molecule has 2 heterocycles. The maximum atomic E-state index is 11.9. The third kappa shape index (κ3) is 5.74. The molecule has 8 heteroatoms. The molecule has 2 N–H and O–H groups in total. The number of hydrogen-bond acceptors (Lipinski definition) is 6. The van der Waals surface area contributed by atoms with Crippen molar-refractivity contribution in [3.8, 4) is 0 Å². The molecular formula is C15H18N4O3S. The summed E-state index contributed by atoms with van der Waals surface area (Å²) in [4.78, 5) is 27.7. The van der Waals surface area contributed by atoms with Crippen LogP contribution in [0.15, 0.2) is 35.0 Å². The maximum absolute atomic E-state index is 11.9. The predicted octanol–water partition coefficient (Wildman–Crippen LogP) is 1.93. The minimum Gasteiger partial charge on any atom is -0.360 e. The highest BCUT2D eigenvalue weighted by Crippen LogP contribution is 2.10. The third-order valence-corrected chi connectivity index (χ3v) is 3.80. The van der Waals surface area contributed by atoms with Crippen LogP contribution in [-0.4, -0.2) is 33.5 Å². The highest BCUT2D eigenvalue weighted by atomic mass is 32.2. The quantitative estimate of drug-likeness (QED) is 0.803. The number of aromatic nitrogens is 2. The van der Waals surface area contributed by atoms with Gasteiger partial charge in [0.2, 0.25) is 11.8 Å². The number of aryl methyl sites for hydroxylation is 1. The Morgan fingerprint density at radius 1 is 1.30 bits per heavy atom. The van der Waals surface area contributed by atoms with Crippen LogP contribution < -0.4 is 10.6 Å². The number of thioether (sulfide) groups is 1. The number of nitrogens with one attached hydrogen (secondary N) is 2. The average Bonchev–Trinajstić information content (AvgIpc) is 2.93. The summed E-state index contributed by atoms with van der Waals surface area (Å²) in [6.07, 6.45) is 1.68. The van der Waals surface area contributed by atoms with Gasteiger partial charge in [-0.05, 0) is 26.0 Å². The fourth-order valence-electron chi connectivity index (χ4n) is 1.83. The predicted molar refractivity (Wildman–Crippen MR) is 88.0 cm³/mol. The van der Waals surface area contributed by atoms with Gasteiger partial charge in [0.25, 0.3) is 0 Å². The first-order valence-electron chi connectivity index (χ1n) is 7.06. The molecule has 2 amide bonds. The average molecular weight is 334 g/mol. The molecule has 2 aromatic rings. The molecule has 2 aromatic heterocycles. The van der Waals surface area contributed by atoms with Gasteiger partial charge in [-0.1, -0.05) is 11.2 Å². The van der Waals surface area contributed by atoms with E-state index in [1.54, 1.807) is 19.2 Å². The van der Waals surface area contributed by atoms with Crippen molar-refractivity contribution < 1.29 is 14.1 Å². The van der Waals surface area contributed by atoms with Crippen molar-refractivity contribution in [3.05, 3.63) is 41.9 Å². The van der Waals surface area contributed by atoms with Gasteiger partial charge in [-0.2, -0.15) is 0 Å². The van der Waals surface area contributed by atoms with Crippen LogP contribution in [0.4, 0.5) is 5.82 Å². The molecule has 7 nitrogen and oxygen atoms in total. The second-order valence-electron chi connectivity index (χ2n) is 4.91. The molecule has 0 unspecified atom stereocenters. The summed E-state index contributed by atoms with van der Waals surface area (Å²) in [6, 6.07) is 7.00. The molecule has 0 spiro atoms. The first-order valence-corrected chi connectivity index (χ1v) is 8.21. The zero-order valence-corrected chi connectivity index (χ0v) is 13.7. The Morgan fingerprint density at radius 2 is 2.09 bits per heavy atom. The van der Waals surface area contributed by atoms with Crippen molar-refractivity contribution in [2.24, 2.45) is 0 Å². The number of pyridine rings is 1. The van der Waals surface area contributed by atoms with Crippen LogP contribution in [0.1, 0.15) is 24.4 Å². The monoisotopic (exact) mass is 334 g/mol. The lowest BCUT2D eigenvalue weighted by molar-refractivity contribution is -0.119. The van der Waals surface area contributed by atoms with Crippen molar-refractivity contribution in [1.29, 1.82) is 0 Å². The topological polar surface area (TPSA) is 97.1 Å². The lowest BCUT2D eigenvalue weighted by Gasteiger charge is -2.12. The summed E-state index contributed by atoms with van der Waals surface area (Å²) < 4.78 is 4.85. The van der Waals surface area contributed by atoms with E-state index in [2.05, 4.69) is 20.8 Å². The van der Waals surface area contributed by atoms with Gasteiger partial charge in [0.1, 0.15) is 5.76 Å². The maximum Gasteiger partial charge on any atom is 0.235 e. The van der Waals surface area contributed by atoms with E-state index >= 15 is 0 Å². The van der Waals surface area contributed by atoms with E-state index in [9.17, 15) is 9.59 Å². The highest BCUT2D eigenvalue weighted by Gasteiger charge is 2.12. The molecule has 0 aliphatic carbocycles. The largest absolute Gasteiger partial charge is 0.360 e. The summed E-state index contributed by atoms with van der Waals surface area (Å²) in [5, 5.41) is 9.11. The number of amides is 2. The van der Waals surface area contributed by atoms with E-state index in [1.165, 1.54) is 11.8 Å². The molecule has 0 aliphatic rings. The van der Waals surface area contributed by atoms with Gasteiger partial charge in [0.05, 0.1) is 23.2 Å². The van der Waals surface area contributed by atoms with Crippen LogP contribution in [0.5, 0.6) is 0 Å². The van der Waals surface area contributed by atoms with E-state index in [0.717, 1.165) is 5.69 Å². The van der Waals surface area contributed by atoms with Gasteiger partial charge in [0, 0.05) is 12.3 Å². The van der Waals surface area contributed by atoms with Crippen molar-refractivity contribution in [1.82, 2.24) is 15.5 Å². The molecule has 0 aliphatic heterocycles. The summed E-state index contributed by atoms with van der Waals surface area (Å²) in [5.41, 5.74) is 0.796. The molecule has 1 atom stereocenters. The first kappa shape index (κ1) is 17.0. The zero-order valence-electron chi connectivity index (χ0n) is 12.9. The molecular weight excluding hydrogens is 316 g/mol. The molecule has 0 bridgehead atoms. The minimum atomic E-state index is -0.228. The van der Waals surface area contributed by atoms with Gasteiger partial charge in [-0.3, -0.25) is 14.6 Å². The number of carbonyl (C=O) groups excluding carboxylic acids is 2. The van der Waals surface area contributed by atoms with Crippen molar-refractivity contribution in [3.63, 3.8) is 0 Å². The summed E-state index contributed by atoms with van der Waals surface area (Å²) in [5.74, 6) is 0.990. The Bertz CT molecular complexity index is 660.